The summed E-state index contributed by atoms with van der Waals surface area (Å²) in [6.45, 7) is 4.84. The molecule has 1 aromatic carbocycles. The highest BCUT2D eigenvalue weighted by atomic mass is 16.5. The zero-order valence-corrected chi connectivity index (χ0v) is 16.5. The molecule has 1 saturated heterocycles. The van der Waals surface area contributed by atoms with Crippen molar-refractivity contribution in [1.82, 2.24) is 15.5 Å². The number of urea groups is 1. The Balaban J connectivity index is 1.78. The van der Waals surface area contributed by atoms with Gasteiger partial charge < -0.3 is 25.0 Å². The van der Waals surface area contributed by atoms with Crippen molar-refractivity contribution in [1.29, 1.82) is 0 Å². The van der Waals surface area contributed by atoms with Crippen molar-refractivity contribution in [2.24, 2.45) is 5.41 Å². The van der Waals surface area contributed by atoms with Crippen molar-refractivity contribution in [3.8, 4) is 5.75 Å². The van der Waals surface area contributed by atoms with E-state index in [1.165, 1.54) is 0 Å². The first kappa shape index (κ1) is 21.0. The second kappa shape index (κ2) is 10.2. The van der Waals surface area contributed by atoms with Gasteiger partial charge in [-0.25, -0.2) is 4.79 Å². The summed E-state index contributed by atoms with van der Waals surface area (Å²) < 4.78 is 10.2. The van der Waals surface area contributed by atoms with Crippen molar-refractivity contribution in [2.75, 3.05) is 40.5 Å². The maximum Gasteiger partial charge on any atom is 0.317 e. The Morgan fingerprint density at radius 2 is 1.93 bits per heavy atom. The van der Waals surface area contributed by atoms with Crippen LogP contribution in [0.1, 0.15) is 31.7 Å². The molecule has 2 N–H and O–H groups in total. The van der Waals surface area contributed by atoms with Crippen molar-refractivity contribution >= 4 is 11.9 Å². The number of piperidine rings is 1. The molecule has 0 unspecified atom stereocenters. The fourth-order valence-corrected chi connectivity index (χ4v) is 3.13. The zero-order valence-electron chi connectivity index (χ0n) is 16.5. The normalized spacial score (nSPS) is 15.9. The molecule has 0 bridgehead atoms. The van der Waals surface area contributed by atoms with Gasteiger partial charge in [0.05, 0.1) is 7.11 Å². The van der Waals surface area contributed by atoms with E-state index in [0.29, 0.717) is 45.6 Å². The largest absolute Gasteiger partial charge is 0.497 e. The van der Waals surface area contributed by atoms with E-state index in [9.17, 15) is 9.59 Å². The number of carbonyl (C=O) groups is 2. The molecule has 2 rings (SSSR count). The Labute approximate surface area is 161 Å². The third kappa shape index (κ3) is 6.13. The van der Waals surface area contributed by atoms with Crippen LogP contribution >= 0.6 is 0 Å². The lowest BCUT2D eigenvalue weighted by Crippen LogP contribution is -2.51. The molecule has 3 amide bonds. The fourth-order valence-electron chi connectivity index (χ4n) is 3.13. The third-order valence-electron chi connectivity index (χ3n) is 5.09. The monoisotopic (exact) mass is 377 g/mol. The summed E-state index contributed by atoms with van der Waals surface area (Å²) in [6, 6.07) is 7.60. The van der Waals surface area contributed by atoms with Gasteiger partial charge in [0.1, 0.15) is 5.75 Å². The van der Waals surface area contributed by atoms with Crippen molar-refractivity contribution in [3.05, 3.63) is 29.8 Å². The van der Waals surface area contributed by atoms with Gasteiger partial charge in [-0.3, -0.25) is 4.79 Å². The van der Waals surface area contributed by atoms with E-state index in [2.05, 4.69) is 10.6 Å². The number of hydrogen-bond acceptors (Lipinski definition) is 4. The van der Waals surface area contributed by atoms with Gasteiger partial charge in [-0.15, -0.1) is 0 Å². The molecule has 0 aliphatic carbocycles. The third-order valence-corrected chi connectivity index (χ3v) is 5.09. The molecule has 0 saturated carbocycles. The molecule has 0 aromatic heterocycles. The quantitative estimate of drug-likeness (QED) is 0.681. The van der Waals surface area contributed by atoms with Gasteiger partial charge in [0, 0.05) is 45.3 Å². The van der Waals surface area contributed by atoms with Gasteiger partial charge in [-0.2, -0.15) is 0 Å². The van der Waals surface area contributed by atoms with Crippen LogP contribution in [-0.2, 0) is 16.1 Å². The molecule has 0 spiro atoms. The van der Waals surface area contributed by atoms with E-state index in [0.717, 1.165) is 17.7 Å². The fraction of sp³-hybridized carbons (Fsp3) is 0.600. The van der Waals surface area contributed by atoms with Crippen molar-refractivity contribution < 1.29 is 19.1 Å². The van der Waals surface area contributed by atoms with E-state index < -0.39 is 5.41 Å². The lowest BCUT2D eigenvalue weighted by Gasteiger charge is -2.38. The van der Waals surface area contributed by atoms with Gasteiger partial charge in [-0.05, 0) is 37.0 Å². The van der Waals surface area contributed by atoms with Crippen LogP contribution in [-0.4, -0.2) is 57.3 Å². The molecule has 1 aliphatic rings. The second-order valence-electron chi connectivity index (χ2n) is 7.16. The number of nitrogens with zero attached hydrogens (tertiary/aromatic N) is 1. The average Bonchev–Trinajstić information content (AvgIpc) is 2.70. The SMILES string of the molecule is COCCCNC(=O)N1CCC(C)(C(=O)NCc2cccc(OC)c2)CC1. The first-order valence-corrected chi connectivity index (χ1v) is 9.41. The van der Waals surface area contributed by atoms with Gasteiger partial charge in [-0.1, -0.05) is 19.1 Å². The van der Waals surface area contributed by atoms with E-state index in [4.69, 9.17) is 9.47 Å². The highest BCUT2D eigenvalue weighted by molar-refractivity contribution is 5.83. The molecule has 0 atom stereocenters. The van der Waals surface area contributed by atoms with E-state index in [1.807, 2.05) is 31.2 Å². The maximum atomic E-state index is 12.7. The number of likely N-dealkylation sites (tertiary alicyclic amines) is 1. The molecular formula is C20H31N3O4. The smallest absolute Gasteiger partial charge is 0.317 e. The molecule has 7 heteroatoms. The number of nitrogens with one attached hydrogen (secondary N) is 2. The van der Waals surface area contributed by atoms with Gasteiger partial charge in [0.25, 0.3) is 0 Å². The number of rotatable bonds is 8. The Kier molecular flexibility index (Phi) is 7.91. The summed E-state index contributed by atoms with van der Waals surface area (Å²) in [6.07, 6.45) is 2.10. The van der Waals surface area contributed by atoms with Gasteiger partial charge >= 0.3 is 6.03 Å². The number of ether oxygens (including phenoxy) is 2. The highest BCUT2D eigenvalue weighted by Crippen LogP contribution is 2.31. The Bertz CT molecular complexity index is 627. The Hall–Kier alpha value is -2.28. The molecule has 1 aliphatic heterocycles. The lowest BCUT2D eigenvalue weighted by atomic mass is 9.79. The van der Waals surface area contributed by atoms with Crippen LogP contribution < -0.4 is 15.4 Å². The van der Waals surface area contributed by atoms with Crippen LogP contribution in [0.5, 0.6) is 5.75 Å². The summed E-state index contributed by atoms with van der Waals surface area (Å²) in [5.41, 5.74) is 0.547. The molecule has 7 nitrogen and oxygen atoms in total. The number of carbonyl (C=O) groups excluding carboxylic acids is 2. The van der Waals surface area contributed by atoms with Crippen LogP contribution in [0.25, 0.3) is 0 Å². The lowest BCUT2D eigenvalue weighted by molar-refractivity contribution is -0.132. The van der Waals surface area contributed by atoms with E-state index in [1.54, 1.807) is 19.1 Å². The van der Waals surface area contributed by atoms with Crippen LogP contribution in [0.15, 0.2) is 24.3 Å². The Morgan fingerprint density at radius 3 is 2.59 bits per heavy atom. The molecule has 1 aromatic rings. The molecule has 150 valence electrons. The number of benzene rings is 1. The summed E-state index contributed by atoms with van der Waals surface area (Å²) in [5, 5.41) is 5.92. The van der Waals surface area contributed by atoms with Crippen LogP contribution in [0.2, 0.25) is 0 Å². The second-order valence-corrected chi connectivity index (χ2v) is 7.16. The predicted molar refractivity (Wildman–Crippen MR) is 104 cm³/mol. The first-order valence-electron chi connectivity index (χ1n) is 9.41. The maximum absolute atomic E-state index is 12.7. The van der Waals surface area contributed by atoms with Crippen molar-refractivity contribution in [3.63, 3.8) is 0 Å². The van der Waals surface area contributed by atoms with Crippen molar-refractivity contribution in [2.45, 2.75) is 32.7 Å². The van der Waals surface area contributed by atoms with Crippen LogP contribution in [0, 0.1) is 5.41 Å². The highest BCUT2D eigenvalue weighted by Gasteiger charge is 2.37. The van der Waals surface area contributed by atoms with Crippen LogP contribution in [0.3, 0.4) is 0 Å². The minimum absolute atomic E-state index is 0.0328. The molecule has 1 heterocycles. The van der Waals surface area contributed by atoms with E-state index >= 15 is 0 Å². The topological polar surface area (TPSA) is 79.9 Å². The number of amides is 3. The van der Waals surface area contributed by atoms with E-state index in [-0.39, 0.29) is 11.9 Å². The minimum Gasteiger partial charge on any atom is -0.497 e. The molecule has 27 heavy (non-hydrogen) atoms. The number of hydrogen-bond donors (Lipinski definition) is 2. The average molecular weight is 377 g/mol. The van der Waals surface area contributed by atoms with Crippen LogP contribution in [0.4, 0.5) is 4.79 Å². The summed E-state index contributed by atoms with van der Waals surface area (Å²) in [5.74, 6) is 0.809. The summed E-state index contributed by atoms with van der Waals surface area (Å²) in [4.78, 5) is 26.6. The first-order chi connectivity index (χ1) is 13.0. The summed E-state index contributed by atoms with van der Waals surface area (Å²) >= 11 is 0. The number of methoxy groups -OCH3 is 2. The molecular weight excluding hydrogens is 346 g/mol. The zero-order chi connectivity index (χ0) is 19.7. The minimum atomic E-state index is -0.453. The Morgan fingerprint density at radius 1 is 1.19 bits per heavy atom. The molecule has 0 radical (unpaired) electrons. The summed E-state index contributed by atoms with van der Waals surface area (Å²) in [7, 11) is 3.27. The predicted octanol–water partition coefficient (Wildman–Crippen LogP) is 2.16. The van der Waals surface area contributed by atoms with Gasteiger partial charge in [0.2, 0.25) is 5.91 Å². The standard InChI is InChI=1S/C20H31N3O4/c1-20(18(24)22-15-16-6-4-7-17(14-16)27-3)8-11-23(12-9-20)19(25)21-10-5-13-26-2/h4,6-7,14H,5,8-13,15H2,1-3H3,(H,21,25)(H,22,24). The van der Waals surface area contributed by atoms with Gasteiger partial charge in [0.15, 0.2) is 0 Å². The molecule has 1 fully saturated rings.